The molecule has 1 aliphatic heterocycles. The lowest BCUT2D eigenvalue weighted by Crippen LogP contribution is -2.36. The monoisotopic (exact) mass is 358 g/mol. The molecule has 2 aromatic rings. The first kappa shape index (κ1) is 16.3. The third-order valence-electron chi connectivity index (χ3n) is 4.72. The number of nitrogens with zero attached hydrogens (tertiary/aromatic N) is 3. The Hall–Kier alpha value is -2.19. The van der Waals surface area contributed by atoms with Crippen molar-refractivity contribution in [3.8, 4) is 5.69 Å². The maximum Gasteiger partial charge on any atom is 0.293 e. The Morgan fingerprint density at radius 2 is 2.12 bits per heavy atom. The summed E-state index contributed by atoms with van der Waals surface area (Å²) in [7, 11) is 0. The number of thioether (sulfide) groups is 1. The van der Waals surface area contributed by atoms with Crippen molar-refractivity contribution in [1.82, 2.24) is 14.9 Å². The minimum absolute atomic E-state index is 0.0782. The number of aromatic nitrogens is 2. The first-order valence-corrected chi connectivity index (χ1v) is 9.29. The van der Waals surface area contributed by atoms with E-state index in [1.807, 2.05) is 0 Å². The van der Waals surface area contributed by atoms with Crippen LogP contribution in [0.15, 0.2) is 34.2 Å². The Balaban J connectivity index is 1.93. The highest BCUT2D eigenvalue weighted by Gasteiger charge is 2.27. The fourth-order valence-corrected chi connectivity index (χ4v) is 4.44. The maximum atomic E-state index is 13.1. The molecule has 1 aromatic carbocycles. The molecule has 7 nitrogen and oxygen atoms in total. The molecule has 0 spiro atoms. The smallest absolute Gasteiger partial charge is 0.293 e. The van der Waals surface area contributed by atoms with E-state index >= 15 is 0 Å². The zero-order chi connectivity index (χ0) is 17.4. The molecular weight excluding hydrogens is 340 g/mol. The summed E-state index contributed by atoms with van der Waals surface area (Å²) in [5.74, 6) is 0. The van der Waals surface area contributed by atoms with Crippen LogP contribution < -0.4 is 10.9 Å². The van der Waals surface area contributed by atoms with Crippen LogP contribution in [0.2, 0.25) is 0 Å². The number of hydrogen-bond donors (Lipinski definition) is 1. The van der Waals surface area contributed by atoms with Gasteiger partial charge < -0.3 is 5.32 Å². The van der Waals surface area contributed by atoms with Gasteiger partial charge in [-0.25, -0.2) is 9.55 Å². The Bertz CT molecular complexity index is 892. The van der Waals surface area contributed by atoms with Crippen LogP contribution in [0.1, 0.15) is 30.5 Å². The highest BCUT2D eigenvalue weighted by molar-refractivity contribution is 7.99. The van der Waals surface area contributed by atoms with E-state index in [4.69, 9.17) is 4.98 Å². The van der Waals surface area contributed by atoms with Crippen LogP contribution in [-0.2, 0) is 13.0 Å². The molecule has 25 heavy (non-hydrogen) atoms. The summed E-state index contributed by atoms with van der Waals surface area (Å²) in [5, 5.41) is 15.6. The first-order valence-electron chi connectivity index (χ1n) is 8.41. The van der Waals surface area contributed by atoms with Crippen LogP contribution in [0, 0.1) is 10.1 Å². The number of hydrogen-bond acceptors (Lipinski definition) is 6. The van der Waals surface area contributed by atoms with Gasteiger partial charge in [-0.1, -0.05) is 30.3 Å². The van der Waals surface area contributed by atoms with Gasteiger partial charge in [-0.3, -0.25) is 14.9 Å². The lowest BCUT2D eigenvalue weighted by atomic mass is 10.0. The van der Waals surface area contributed by atoms with Gasteiger partial charge in [0.25, 0.3) is 11.2 Å². The molecule has 2 heterocycles. The van der Waals surface area contributed by atoms with Gasteiger partial charge in [0, 0.05) is 30.8 Å². The summed E-state index contributed by atoms with van der Waals surface area (Å²) in [4.78, 5) is 28.9. The van der Waals surface area contributed by atoms with Crippen molar-refractivity contribution in [3.63, 3.8) is 0 Å². The predicted molar refractivity (Wildman–Crippen MR) is 95.4 cm³/mol. The average molecular weight is 358 g/mol. The molecule has 2 aliphatic rings. The first-order chi connectivity index (χ1) is 12.1. The molecule has 1 fully saturated rings. The molecule has 0 unspecified atom stereocenters. The topological polar surface area (TPSA) is 90.1 Å². The Kier molecular flexibility index (Phi) is 4.30. The molecular formula is C17H18N4O3S. The third kappa shape index (κ3) is 2.96. The van der Waals surface area contributed by atoms with E-state index in [1.165, 1.54) is 17.1 Å². The normalized spacial score (nSPS) is 17.0. The van der Waals surface area contributed by atoms with Crippen LogP contribution in [0.5, 0.6) is 0 Å². The van der Waals surface area contributed by atoms with Crippen molar-refractivity contribution in [2.75, 3.05) is 6.54 Å². The quantitative estimate of drug-likeness (QED) is 0.513. The van der Waals surface area contributed by atoms with E-state index in [1.54, 1.807) is 30.0 Å². The summed E-state index contributed by atoms with van der Waals surface area (Å²) >= 11 is 1.57. The molecule has 130 valence electrons. The van der Waals surface area contributed by atoms with E-state index in [0.717, 1.165) is 25.1 Å². The number of nitro groups is 1. The van der Waals surface area contributed by atoms with Crippen LogP contribution in [-0.4, -0.2) is 26.3 Å². The second-order valence-corrected chi connectivity index (χ2v) is 7.57. The molecule has 1 saturated carbocycles. The van der Waals surface area contributed by atoms with Crippen molar-refractivity contribution in [1.29, 1.82) is 0 Å². The molecule has 4 rings (SSSR count). The molecule has 0 atom stereocenters. The summed E-state index contributed by atoms with van der Waals surface area (Å²) in [5.41, 5.74) is 1.45. The van der Waals surface area contributed by atoms with E-state index in [0.29, 0.717) is 34.6 Å². The lowest BCUT2D eigenvalue weighted by molar-refractivity contribution is -0.384. The second kappa shape index (κ2) is 6.61. The van der Waals surface area contributed by atoms with Crippen LogP contribution in [0.4, 0.5) is 5.69 Å². The van der Waals surface area contributed by atoms with Crippen LogP contribution in [0.25, 0.3) is 5.69 Å². The Morgan fingerprint density at radius 1 is 1.32 bits per heavy atom. The van der Waals surface area contributed by atoms with Crippen molar-refractivity contribution in [2.45, 2.75) is 42.6 Å². The summed E-state index contributed by atoms with van der Waals surface area (Å²) < 4.78 is 1.44. The van der Waals surface area contributed by atoms with Crippen LogP contribution in [0.3, 0.4) is 0 Å². The van der Waals surface area contributed by atoms with E-state index in [2.05, 4.69) is 5.32 Å². The van der Waals surface area contributed by atoms with E-state index in [-0.39, 0.29) is 11.2 Å². The van der Waals surface area contributed by atoms with Gasteiger partial charge in [0.2, 0.25) is 0 Å². The van der Waals surface area contributed by atoms with Crippen LogP contribution >= 0.6 is 11.8 Å². The molecule has 1 aromatic heterocycles. The fourth-order valence-electron chi connectivity index (χ4n) is 3.12. The van der Waals surface area contributed by atoms with Crippen molar-refractivity contribution >= 4 is 17.4 Å². The molecule has 0 radical (unpaired) electrons. The molecule has 1 N–H and O–H groups in total. The molecule has 8 heteroatoms. The van der Waals surface area contributed by atoms with Gasteiger partial charge in [-0.15, -0.1) is 0 Å². The van der Waals surface area contributed by atoms with Gasteiger partial charge in [0.15, 0.2) is 5.16 Å². The van der Waals surface area contributed by atoms with E-state index < -0.39 is 4.92 Å². The lowest BCUT2D eigenvalue weighted by Gasteiger charge is -2.26. The highest BCUT2D eigenvalue weighted by atomic mass is 32.2. The summed E-state index contributed by atoms with van der Waals surface area (Å²) in [6.45, 7) is 1.25. The minimum Gasteiger partial charge on any atom is -0.312 e. The average Bonchev–Trinajstić information content (AvgIpc) is 2.58. The highest BCUT2D eigenvalue weighted by Crippen LogP contribution is 2.37. The van der Waals surface area contributed by atoms with Gasteiger partial charge in [0.05, 0.1) is 16.2 Å². The number of nitro benzene ring substituents is 1. The Morgan fingerprint density at radius 3 is 2.84 bits per heavy atom. The van der Waals surface area contributed by atoms with Gasteiger partial charge in [-0.2, -0.15) is 0 Å². The maximum absolute atomic E-state index is 13.1. The number of nitrogens with one attached hydrogen (secondary N) is 1. The fraction of sp³-hybridized carbons (Fsp3) is 0.412. The van der Waals surface area contributed by atoms with Crippen molar-refractivity contribution in [2.24, 2.45) is 0 Å². The summed E-state index contributed by atoms with van der Waals surface area (Å²) in [6.07, 6.45) is 4.08. The SMILES string of the molecule is O=c1c2c(nc(SC3CCC3)n1-c1ccccc1[N+](=O)[O-])CCNC2. The molecule has 0 bridgehead atoms. The zero-order valence-corrected chi connectivity index (χ0v) is 14.4. The number of rotatable bonds is 4. The van der Waals surface area contributed by atoms with Gasteiger partial charge in [0.1, 0.15) is 5.69 Å². The van der Waals surface area contributed by atoms with Crippen molar-refractivity contribution in [3.05, 3.63) is 56.0 Å². The molecule has 0 amide bonds. The molecule has 0 saturated heterocycles. The number of para-hydroxylation sites is 2. The number of fused-ring (bicyclic) bond motifs is 1. The van der Waals surface area contributed by atoms with E-state index in [9.17, 15) is 14.9 Å². The summed E-state index contributed by atoms with van der Waals surface area (Å²) in [6, 6.07) is 6.37. The standard InChI is InChI=1S/C17H18N4O3S/c22-16-12-10-18-9-8-13(12)19-17(25-11-4-3-5-11)20(16)14-6-1-2-7-15(14)21(23)24/h1-2,6-7,11,18H,3-5,8-10H2. The number of benzene rings is 1. The Labute approximate surface area is 148 Å². The largest absolute Gasteiger partial charge is 0.312 e. The van der Waals surface area contributed by atoms with Crippen molar-refractivity contribution < 1.29 is 4.92 Å². The zero-order valence-electron chi connectivity index (χ0n) is 13.6. The van der Waals surface area contributed by atoms with Gasteiger partial charge >= 0.3 is 0 Å². The minimum atomic E-state index is -0.447. The predicted octanol–water partition coefficient (Wildman–Crippen LogP) is 2.43. The third-order valence-corrected chi connectivity index (χ3v) is 6.00. The molecule has 1 aliphatic carbocycles. The second-order valence-electron chi connectivity index (χ2n) is 6.30. The van der Waals surface area contributed by atoms with Gasteiger partial charge in [-0.05, 0) is 18.9 Å².